The molecule has 1 unspecified atom stereocenters. The summed E-state index contributed by atoms with van der Waals surface area (Å²) in [4.78, 5) is 0. The number of hydrogen-bond donors (Lipinski definition) is 0. The van der Waals surface area contributed by atoms with Gasteiger partial charge in [-0.15, -0.1) is 0 Å². The second kappa shape index (κ2) is 3.56. The van der Waals surface area contributed by atoms with Crippen LogP contribution in [0.5, 0.6) is 23.0 Å². The van der Waals surface area contributed by atoms with E-state index in [1.807, 2.05) is 6.92 Å². The topological polar surface area (TPSA) is 36.9 Å². The summed E-state index contributed by atoms with van der Waals surface area (Å²) in [5.74, 6) is 3.46. The van der Waals surface area contributed by atoms with E-state index >= 15 is 0 Å². The van der Waals surface area contributed by atoms with Crippen molar-refractivity contribution >= 4 is 14.5 Å². The second-order valence-corrected chi connectivity index (χ2v) is 4.17. The second-order valence-electron chi connectivity index (χ2n) is 3.59. The van der Waals surface area contributed by atoms with Crippen LogP contribution in [0.1, 0.15) is 6.92 Å². The first-order chi connectivity index (χ1) is 7.75. The molecular weight excluding hydrogens is 227 g/mol. The minimum atomic E-state index is 0.558. The number of ether oxygens (including phenoxy) is 4. The van der Waals surface area contributed by atoms with Crippen molar-refractivity contribution in [3.05, 3.63) is 18.1 Å². The van der Waals surface area contributed by atoms with E-state index in [9.17, 15) is 0 Å². The van der Waals surface area contributed by atoms with Crippen LogP contribution in [0.4, 0.5) is 0 Å². The molecule has 16 heavy (non-hydrogen) atoms. The van der Waals surface area contributed by atoms with Crippen molar-refractivity contribution in [2.75, 3.05) is 13.2 Å². The van der Waals surface area contributed by atoms with Crippen molar-refractivity contribution in [1.29, 1.82) is 0 Å². The Hall–Kier alpha value is -1.41. The molecule has 84 valence electrons. The van der Waals surface area contributed by atoms with Gasteiger partial charge < -0.3 is 18.9 Å². The predicted octanol–water partition coefficient (Wildman–Crippen LogP) is 1.59. The zero-order valence-electron chi connectivity index (χ0n) is 8.78. The zero-order chi connectivity index (χ0) is 11.1. The molecule has 1 aromatic carbocycles. The van der Waals surface area contributed by atoms with Gasteiger partial charge in [0, 0.05) is 6.07 Å². The molecule has 0 bridgehead atoms. The Balaban J connectivity index is 2.14. The summed E-state index contributed by atoms with van der Waals surface area (Å²) in [5, 5.41) is 0.833. The smallest absolute Gasteiger partial charge is 0.180 e. The van der Waals surface area contributed by atoms with Crippen LogP contribution in [0, 0.1) is 0 Å². The summed E-state index contributed by atoms with van der Waals surface area (Å²) in [5.41, 5.74) is 0. The van der Waals surface area contributed by atoms with Crippen LogP contribution in [-0.2, 0) is 0 Å². The van der Waals surface area contributed by atoms with E-state index in [4.69, 9.17) is 18.9 Å². The van der Waals surface area contributed by atoms with Gasteiger partial charge in [-0.1, -0.05) is 9.24 Å². The Morgan fingerprint density at radius 1 is 1.12 bits per heavy atom. The summed E-state index contributed by atoms with van der Waals surface area (Å²) >= 11 is 0. The van der Waals surface area contributed by atoms with Gasteiger partial charge >= 0.3 is 0 Å². The fourth-order valence-corrected chi connectivity index (χ4v) is 2.12. The molecule has 1 aromatic rings. The van der Waals surface area contributed by atoms with Crippen molar-refractivity contribution in [1.82, 2.24) is 0 Å². The molecule has 2 heterocycles. The summed E-state index contributed by atoms with van der Waals surface area (Å²) in [6.07, 6.45) is 1.57. The normalized spacial score (nSPS) is 16.8. The van der Waals surface area contributed by atoms with Gasteiger partial charge in [0.15, 0.2) is 23.0 Å². The molecule has 1 atom stereocenters. The molecule has 0 radical (unpaired) electrons. The van der Waals surface area contributed by atoms with Crippen molar-refractivity contribution in [2.24, 2.45) is 0 Å². The Labute approximate surface area is 95.3 Å². The lowest BCUT2D eigenvalue weighted by atomic mass is 10.2. The highest BCUT2D eigenvalue weighted by Gasteiger charge is 2.24. The van der Waals surface area contributed by atoms with Gasteiger partial charge in [0.1, 0.15) is 25.2 Å². The molecule has 0 N–H and O–H groups in total. The predicted molar refractivity (Wildman–Crippen MR) is 61.8 cm³/mol. The SMILES string of the molecule is CC1=COc2cc3c(c(P)c2O1)OCCO3. The third-order valence-electron chi connectivity index (χ3n) is 2.40. The Morgan fingerprint density at radius 3 is 2.81 bits per heavy atom. The molecule has 2 aliphatic rings. The molecule has 0 aromatic heterocycles. The molecule has 0 saturated carbocycles. The highest BCUT2D eigenvalue weighted by Crippen LogP contribution is 2.42. The standard InChI is InChI=1S/C11H11O4P/c1-6-5-14-8-4-7-9(13-3-2-12-7)11(16)10(8)15-6/h4-5H,2-3,16H2,1H3. The van der Waals surface area contributed by atoms with Crippen LogP contribution in [-0.4, -0.2) is 13.2 Å². The van der Waals surface area contributed by atoms with Gasteiger partial charge in [0.25, 0.3) is 0 Å². The Kier molecular flexibility index (Phi) is 2.18. The van der Waals surface area contributed by atoms with Gasteiger partial charge in [0.2, 0.25) is 0 Å². The fourth-order valence-electron chi connectivity index (χ4n) is 1.69. The molecule has 0 aliphatic carbocycles. The van der Waals surface area contributed by atoms with Crippen LogP contribution < -0.4 is 24.3 Å². The van der Waals surface area contributed by atoms with E-state index in [1.54, 1.807) is 12.3 Å². The van der Waals surface area contributed by atoms with Crippen LogP contribution in [0.2, 0.25) is 0 Å². The summed E-state index contributed by atoms with van der Waals surface area (Å²) in [6, 6.07) is 1.79. The van der Waals surface area contributed by atoms with E-state index in [-0.39, 0.29) is 0 Å². The molecule has 0 saturated heterocycles. The monoisotopic (exact) mass is 238 g/mol. The van der Waals surface area contributed by atoms with E-state index in [1.165, 1.54) is 0 Å². The van der Waals surface area contributed by atoms with Gasteiger partial charge in [-0.25, -0.2) is 0 Å². The highest BCUT2D eigenvalue weighted by molar-refractivity contribution is 7.28. The van der Waals surface area contributed by atoms with Crippen molar-refractivity contribution in [3.8, 4) is 23.0 Å². The minimum Gasteiger partial charge on any atom is -0.486 e. The summed E-state index contributed by atoms with van der Waals surface area (Å²) in [7, 11) is 2.61. The molecule has 0 fully saturated rings. The number of hydrogen-bond acceptors (Lipinski definition) is 4. The Morgan fingerprint density at radius 2 is 1.94 bits per heavy atom. The summed E-state index contributed by atoms with van der Waals surface area (Å²) < 4.78 is 22.1. The van der Waals surface area contributed by atoms with Crippen molar-refractivity contribution in [2.45, 2.75) is 6.92 Å². The fraction of sp³-hybridized carbons (Fsp3) is 0.273. The molecule has 0 spiro atoms. The minimum absolute atomic E-state index is 0.558. The van der Waals surface area contributed by atoms with E-state index in [2.05, 4.69) is 9.24 Å². The average Bonchev–Trinajstić information content (AvgIpc) is 2.31. The molecule has 5 heteroatoms. The molecule has 4 nitrogen and oxygen atoms in total. The lowest BCUT2D eigenvalue weighted by Gasteiger charge is -2.25. The van der Waals surface area contributed by atoms with Gasteiger partial charge in [-0.3, -0.25) is 0 Å². The van der Waals surface area contributed by atoms with Crippen LogP contribution in [0.3, 0.4) is 0 Å². The first-order valence-corrected chi connectivity index (χ1v) is 5.57. The molecule has 0 amide bonds. The molecule has 2 aliphatic heterocycles. The van der Waals surface area contributed by atoms with Gasteiger partial charge in [-0.2, -0.15) is 0 Å². The van der Waals surface area contributed by atoms with Gasteiger partial charge in [-0.05, 0) is 6.92 Å². The Bertz CT molecular complexity index is 481. The van der Waals surface area contributed by atoms with Crippen LogP contribution in [0.15, 0.2) is 18.1 Å². The average molecular weight is 238 g/mol. The highest BCUT2D eigenvalue weighted by atomic mass is 31.0. The maximum Gasteiger partial charge on any atom is 0.180 e. The number of rotatable bonds is 0. The number of fused-ring (bicyclic) bond motifs is 2. The lowest BCUT2D eigenvalue weighted by molar-refractivity contribution is 0.171. The molecule has 3 rings (SSSR count). The largest absolute Gasteiger partial charge is 0.486 e. The van der Waals surface area contributed by atoms with Gasteiger partial charge in [0.05, 0.1) is 5.30 Å². The van der Waals surface area contributed by atoms with Crippen LogP contribution in [0.25, 0.3) is 0 Å². The number of benzene rings is 1. The first kappa shape index (κ1) is 9.79. The van der Waals surface area contributed by atoms with Crippen molar-refractivity contribution < 1.29 is 18.9 Å². The maximum atomic E-state index is 5.61. The first-order valence-electron chi connectivity index (χ1n) is 4.99. The number of allylic oxidation sites excluding steroid dienone is 1. The quantitative estimate of drug-likeness (QED) is 0.643. The van der Waals surface area contributed by atoms with E-state index in [0.717, 1.165) is 5.30 Å². The third-order valence-corrected chi connectivity index (χ3v) is 2.93. The summed E-state index contributed by atoms with van der Waals surface area (Å²) in [6.45, 7) is 2.96. The van der Waals surface area contributed by atoms with E-state index in [0.29, 0.717) is 42.0 Å². The zero-order valence-corrected chi connectivity index (χ0v) is 9.93. The van der Waals surface area contributed by atoms with Crippen molar-refractivity contribution in [3.63, 3.8) is 0 Å². The molecular formula is C11H11O4P. The maximum absolute atomic E-state index is 5.61. The lowest BCUT2D eigenvalue weighted by Crippen LogP contribution is -2.21. The van der Waals surface area contributed by atoms with Crippen LogP contribution >= 0.6 is 9.24 Å². The van der Waals surface area contributed by atoms with E-state index < -0.39 is 0 Å². The third kappa shape index (κ3) is 1.41.